The van der Waals surface area contributed by atoms with Gasteiger partial charge in [0.05, 0.1) is 28.2 Å². The van der Waals surface area contributed by atoms with Crippen molar-refractivity contribution in [2.24, 2.45) is 5.41 Å². The number of likely N-dealkylation sites (tertiary alicyclic amines) is 1. The summed E-state index contributed by atoms with van der Waals surface area (Å²) in [6.07, 6.45) is -0.490. The lowest BCUT2D eigenvalue weighted by molar-refractivity contribution is -0.136. The van der Waals surface area contributed by atoms with Crippen molar-refractivity contribution in [1.29, 1.82) is 0 Å². The molecule has 2 aromatic rings. The van der Waals surface area contributed by atoms with Crippen LogP contribution in [0.2, 0.25) is 0 Å². The van der Waals surface area contributed by atoms with Crippen LogP contribution in [0.4, 0.5) is 0 Å². The van der Waals surface area contributed by atoms with Gasteiger partial charge < -0.3 is 15.3 Å². The second-order valence-electron chi connectivity index (χ2n) is 9.21. The number of carbonyl (C=O) groups excluding carboxylic acids is 2. The van der Waals surface area contributed by atoms with Crippen LogP contribution in [0.25, 0.3) is 10.4 Å². The minimum atomic E-state index is -0.718. The number of nitrogens with one attached hydrogen (secondary N) is 1. The monoisotopic (exact) mass is 441 g/mol. The normalized spacial score (nSPS) is 19.9. The molecule has 2 amide bonds. The number of aliphatic hydroxyl groups is 1. The van der Waals surface area contributed by atoms with E-state index in [1.54, 1.807) is 11.3 Å². The molecule has 0 radical (unpaired) electrons. The third kappa shape index (κ3) is 5.05. The lowest BCUT2D eigenvalue weighted by Gasteiger charge is -2.30. The van der Waals surface area contributed by atoms with Crippen molar-refractivity contribution >= 4 is 23.2 Å². The highest BCUT2D eigenvalue weighted by atomic mass is 32.1. The van der Waals surface area contributed by atoms with Gasteiger partial charge in [-0.3, -0.25) is 9.59 Å². The zero-order valence-corrected chi connectivity index (χ0v) is 19.6. The predicted molar refractivity (Wildman–Crippen MR) is 124 cm³/mol. The van der Waals surface area contributed by atoms with Crippen molar-refractivity contribution < 1.29 is 14.7 Å². The molecule has 2 heterocycles. The molecule has 1 aromatic carbocycles. The van der Waals surface area contributed by atoms with Gasteiger partial charge in [-0.05, 0) is 30.4 Å². The summed E-state index contributed by atoms with van der Waals surface area (Å²) in [7, 11) is 0. The van der Waals surface area contributed by atoms with Gasteiger partial charge in [0, 0.05) is 18.5 Å². The van der Waals surface area contributed by atoms with Crippen molar-refractivity contribution in [2.45, 2.75) is 59.2 Å². The molecule has 31 heavy (non-hydrogen) atoms. The molecular weight excluding hydrogens is 410 g/mol. The van der Waals surface area contributed by atoms with E-state index in [0.717, 1.165) is 21.7 Å². The van der Waals surface area contributed by atoms with E-state index in [9.17, 15) is 14.7 Å². The molecule has 0 saturated carbocycles. The molecule has 1 aliphatic heterocycles. The predicted octanol–water partition coefficient (Wildman–Crippen LogP) is 3.86. The number of benzene rings is 1. The number of thiazole rings is 1. The summed E-state index contributed by atoms with van der Waals surface area (Å²) >= 11 is 1.60. The average molecular weight is 442 g/mol. The molecule has 1 aromatic heterocycles. The second-order valence-corrected chi connectivity index (χ2v) is 10.1. The summed E-state index contributed by atoms with van der Waals surface area (Å²) in [5, 5.41) is 13.1. The third-order valence-corrected chi connectivity index (χ3v) is 6.76. The van der Waals surface area contributed by atoms with Gasteiger partial charge in [0.2, 0.25) is 11.8 Å². The maximum absolute atomic E-state index is 13.0. The van der Waals surface area contributed by atoms with Crippen molar-refractivity contribution in [2.75, 3.05) is 6.54 Å². The molecular formula is C24H31N3O3S. The second kappa shape index (κ2) is 8.93. The zero-order chi connectivity index (χ0) is 22.9. The van der Waals surface area contributed by atoms with E-state index in [1.807, 2.05) is 64.4 Å². The van der Waals surface area contributed by atoms with E-state index < -0.39 is 17.6 Å². The zero-order valence-electron chi connectivity index (χ0n) is 18.8. The van der Waals surface area contributed by atoms with Crippen LogP contribution in [0.15, 0.2) is 41.9 Å². The Morgan fingerprint density at radius 2 is 1.94 bits per heavy atom. The van der Waals surface area contributed by atoms with Gasteiger partial charge in [0.15, 0.2) is 0 Å². The van der Waals surface area contributed by atoms with Crippen molar-refractivity contribution in [1.82, 2.24) is 15.2 Å². The van der Waals surface area contributed by atoms with E-state index in [0.29, 0.717) is 5.57 Å². The lowest BCUT2D eigenvalue weighted by atomic mass is 9.86. The van der Waals surface area contributed by atoms with Crippen LogP contribution in [0.3, 0.4) is 0 Å². The summed E-state index contributed by atoms with van der Waals surface area (Å²) in [5.41, 5.74) is 4.92. The van der Waals surface area contributed by atoms with Gasteiger partial charge in [-0.25, -0.2) is 4.98 Å². The molecule has 7 heteroatoms. The molecule has 166 valence electrons. The number of nitrogens with zero attached hydrogens (tertiary/aromatic N) is 2. The van der Waals surface area contributed by atoms with Gasteiger partial charge in [0.25, 0.3) is 0 Å². The highest BCUT2D eigenvalue weighted by Gasteiger charge is 2.41. The van der Waals surface area contributed by atoms with Crippen molar-refractivity contribution in [3.05, 3.63) is 53.2 Å². The van der Waals surface area contributed by atoms with E-state index in [1.165, 1.54) is 4.90 Å². The number of hydrogen-bond acceptors (Lipinski definition) is 5. The minimum absolute atomic E-state index is 0.142. The van der Waals surface area contributed by atoms with E-state index in [2.05, 4.69) is 16.9 Å². The number of rotatable bonds is 5. The Hall–Kier alpha value is -2.51. The molecule has 0 spiro atoms. The maximum atomic E-state index is 13.0. The van der Waals surface area contributed by atoms with E-state index in [-0.39, 0.29) is 30.8 Å². The smallest absolute Gasteiger partial charge is 0.250 e. The van der Waals surface area contributed by atoms with Gasteiger partial charge in [-0.1, -0.05) is 51.6 Å². The van der Waals surface area contributed by atoms with Crippen molar-refractivity contribution in [3.63, 3.8) is 0 Å². The first kappa shape index (κ1) is 23.2. The fraction of sp³-hybridized carbons (Fsp3) is 0.458. The maximum Gasteiger partial charge on any atom is 0.250 e. The molecule has 3 atom stereocenters. The number of β-amino-alcohol motifs (C(OH)–C–C–N with tert-alkyl or cyclic N) is 1. The Bertz CT molecular complexity index is 975. The molecule has 1 aliphatic rings. The number of aryl methyl sites for hydroxylation is 1. The molecule has 3 unspecified atom stereocenters. The summed E-state index contributed by atoms with van der Waals surface area (Å²) < 4.78 is 0. The molecule has 3 rings (SSSR count). The summed E-state index contributed by atoms with van der Waals surface area (Å²) in [6.45, 7) is 13.7. The first-order valence-corrected chi connectivity index (χ1v) is 11.4. The minimum Gasteiger partial charge on any atom is -0.391 e. The molecule has 0 aliphatic carbocycles. The van der Waals surface area contributed by atoms with E-state index in [4.69, 9.17) is 0 Å². The fourth-order valence-corrected chi connectivity index (χ4v) is 4.49. The van der Waals surface area contributed by atoms with Crippen LogP contribution in [0.1, 0.15) is 51.4 Å². The van der Waals surface area contributed by atoms with Crippen LogP contribution in [-0.2, 0) is 9.59 Å². The number of carbonyl (C=O) groups is 2. The SMILES string of the molecule is C=C(C(=O)N1CC(O)CC1C(=O)NC(C)c1ccc(-c2scnc2C)cc1)C(C)(C)C. The fourth-order valence-electron chi connectivity index (χ4n) is 3.68. The molecule has 2 N–H and O–H groups in total. The van der Waals surface area contributed by atoms with Gasteiger partial charge in [-0.15, -0.1) is 11.3 Å². The van der Waals surface area contributed by atoms with Crippen LogP contribution < -0.4 is 5.32 Å². The Kier molecular flexibility index (Phi) is 6.67. The van der Waals surface area contributed by atoms with Crippen LogP contribution in [-0.4, -0.2) is 45.5 Å². The standard InChI is InChI=1S/C24H31N3O3S/c1-14(24(4,5)6)23(30)27-12-19(28)11-20(27)22(29)26-15(2)17-7-9-18(10-8-17)21-16(3)25-13-31-21/h7-10,13,15,19-20,28H,1,11-12H2,2-6H3,(H,26,29). The van der Waals surface area contributed by atoms with Crippen LogP contribution >= 0.6 is 11.3 Å². The molecule has 6 nitrogen and oxygen atoms in total. The number of hydrogen-bond donors (Lipinski definition) is 2. The first-order valence-electron chi connectivity index (χ1n) is 10.5. The van der Waals surface area contributed by atoms with Gasteiger partial charge in [-0.2, -0.15) is 0 Å². The molecule has 0 bridgehead atoms. The lowest BCUT2D eigenvalue weighted by Crippen LogP contribution is -2.47. The summed E-state index contributed by atoms with van der Waals surface area (Å²) in [5.74, 6) is -0.539. The number of amides is 2. The summed E-state index contributed by atoms with van der Waals surface area (Å²) in [6, 6.07) is 7.11. The Morgan fingerprint density at radius 1 is 1.29 bits per heavy atom. The Morgan fingerprint density at radius 3 is 2.48 bits per heavy atom. The van der Waals surface area contributed by atoms with Gasteiger partial charge in [0.1, 0.15) is 6.04 Å². The summed E-state index contributed by atoms with van der Waals surface area (Å²) in [4.78, 5) is 32.8. The molecule has 1 fully saturated rings. The van der Waals surface area contributed by atoms with E-state index >= 15 is 0 Å². The van der Waals surface area contributed by atoms with Crippen molar-refractivity contribution in [3.8, 4) is 10.4 Å². The number of aromatic nitrogens is 1. The first-order chi connectivity index (χ1) is 14.5. The molecule has 1 saturated heterocycles. The third-order valence-electron chi connectivity index (χ3n) is 5.78. The highest BCUT2D eigenvalue weighted by Crippen LogP contribution is 2.30. The van der Waals surface area contributed by atoms with Crippen LogP contribution in [0, 0.1) is 12.3 Å². The highest BCUT2D eigenvalue weighted by molar-refractivity contribution is 7.13. The Balaban J connectivity index is 1.70. The van der Waals surface area contributed by atoms with Gasteiger partial charge >= 0.3 is 0 Å². The Labute approximate surface area is 188 Å². The average Bonchev–Trinajstić information content (AvgIpc) is 3.31. The quantitative estimate of drug-likeness (QED) is 0.691. The van der Waals surface area contributed by atoms with Crippen LogP contribution in [0.5, 0.6) is 0 Å². The largest absolute Gasteiger partial charge is 0.391 e. The number of aliphatic hydroxyl groups excluding tert-OH is 1. The topological polar surface area (TPSA) is 82.5 Å².